The largest absolute Gasteiger partial charge is 0.381 e. The molecule has 1 aliphatic carbocycles. The molecule has 1 N–H and O–H groups in total. The van der Waals surface area contributed by atoms with E-state index in [4.69, 9.17) is 4.74 Å². The molecular weight excluding hydrogens is 268 g/mol. The minimum atomic E-state index is 0.158. The fourth-order valence-electron chi connectivity index (χ4n) is 2.19. The van der Waals surface area contributed by atoms with Crippen LogP contribution in [-0.2, 0) is 4.74 Å². The van der Waals surface area contributed by atoms with Gasteiger partial charge in [-0.15, -0.1) is 0 Å². The molecule has 2 atom stereocenters. The van der Waals surface area contributed by atoms with Gasteiger partial charge in [-0.3, -0.25) is 0 Å². The number of aromatic nitrogens is 1. The van der Waals surface area contributed by atoms with E-state index in [9.17, 15) is 0 Å². The van der Waals surface area contributed by atoms with Gasteiger partial charge < -0.3 is 10.1 Å². The predicted octanol–water partition coefficient (Wildman–Crippen LogP) is 3.07. The monoisotopic (exact) mass is 284 g/mol. The van der Waals surface area contributed by atoms with Crippen molar-refractivity contribution in [2.45, 2.75) is 32.4 Å². The number of anilines is 1. The number of nitrogens with one attached hydrogen (secondary N) is 1. The fourth-order valence-corrected chi connectivity index (χ4v) is 2.56. The maximum Gasteiger partial charge on any atom is 0.140 e. The summed E-state index contributed by atoms with van der Waals surface area (Å²) < 4.78 is 6.43. The number of methoxy groups -OCH3 is 1. The fraction of sp³-hybridized carbons (Fsp3) is 0.583. The van der Waals surface area contributed by atoms with Crippen molar-refractivity contribution < 1.29 is 4.74 Å². The Morgan fingerprint density at radius 2 is 2.31 bits per heavy atom. The second kappa shape index (κ2) is 4.34. The highest BCUT2D eigenvalue weighted by Crippen LogP contribution is 2.44. The van der Waals surface area contributed by atoms with Crippen LogP contribution in [0, 0.1) is 5.41 Å². The summed E-state index contributed by atoms with van der Waals surface area (Å²) in [6, 6.07) is 4.33. The van der Waals surface area contributed by atoms with Crippen molar-refractivity contribution in [1.82, 2.24) is 4.98 Å². The van der Waals surface area contributed by atoms with Crippen LogP contribution in [0.2, 0.25) is 0 Å². The molecule has 16 heavy (non-hydrogen) atoms. The van der Waals surface area contributed by atoms with Crippen LogP contribution < -0.4 is 5.32 Å². The zero-order valence-electron chi connectivity index (χ0n) is 9.83. The highest BCUT2D eigenvalue weighted by molar-refractivity contribution is 9.10. The second-order valence-corrected chi connectivity index (χ2v) is 5.67. The van der Waals surface area contributed by atoms with Gasteiger partial charge in [0.05, 0.1) is 10.6 Å². The van der Waals surface area contributed by atoms with Crippen molar-refractivity contribution >= 4 is 21.7 Å². The summed E-state index contributed by atoms with van der Waals surface area (Å²) in [6.45, 7) is 4.44. The minimum Gasteiger partial charge on any atom is -0.381 e. The Kier molecular flexibility index (Phi) is 3.22. The van der Waals surface area contributed by atoms with Crippen LogP contribution in [-0.4, -0.2) is 24.2 Å². The van der Waals surface area contributed by atoms with Gasteiger partial charge in [0.1, 0.15) is 5.82 Å². The Morgan fingerprint density at radius 3 is 2.88 bits per heavy atom. The molecule has 2 unspecified atom stereocenters. The Morgan fingerprint density at radius 1 is 1.56 bits per heavy atom. The first-order chi connectivity index (χ1) is 7.55. The number of ether oxygens (including phenoxy) is 1. The predicted molar refractivity (Wildman–Crippen MR) is 68.5 cm³/mol. The quantitative estimate of drug-likeness (QED) is 0.926. The number of pyridine rings is 1. The van der Waals surface area contributed by atoms with Crippen molar-refractivity contribution in [3.63, 3.8) is 0 Å². The standard InChI is InChI=1S/C12H17BrN2O/c1-12(2)9(7-10(12)16-3)15-11-8(13)5-4-6-14-11/h4-6,9-10H,7H2,1-3H3,(H,14,15). The third-order valence-corrected chi connectivity index (χ3v) is 4.17. The molecule has 2 rings (SSSR count). The van der Waals surface area contributed by atoms with Crippen LogP contribution in [0.1, 0.15) is 20.3 Å². The van der Waals surface area contributed by atoms with Gasteiger partial charge in [0.2, 0.25) is 0 Å². The molecule has 1 aromatic rings. The number of halogens is 1. The Hall–Kier alpha value is -0.610. The van der Waals surface area contributed by atoms with E-state index in [1.165, 1.54) is 0 Å². The van der Waals surface area contributed by atoms with E-state index < -0.39 is 0 Å². The summed E-state index contributed by atoms with van der Waals surface area (Å²) in [6.07, 6.45) is 3.17. The molecular formula is C12H17BrN2O. The summed E-state index contributed by atoms with van der Waals surface area (Å²) in [4.78, 5) is 4.32. The van der Waals surface area contributed by atoms with Crippen LogP contribution >= 0.6 is 15.9 Å². The van der Waals surface area contributed by atoms with Crippen molar-refractivity contribution in [1.29, 1.82) is 0 Å². The Bertz CT molecular complexity index is 381. The maximum atomic E-state index is 5.43. The van der Waals surface area contributed by atoms with Gasteiger partial charge in [0.15, 0.2) is 0 Å². The molecule has 0 radical (unpaired) electrons. The Balaban J connectivity index is 2.05. The highest BCUT2D eigenvalue weighted by atomic mass is 79.9. The third-order valence-electron chi connectivity index (χ3n) is 3.53. The number of hydrogen-bond acceptors (Lipinski definition) is 3. The number of hydrogen-bond donors (Lipinski definition) is 1. The number of rotatable bonds is 3. The van der Waals surface area contributed by atoms with Crippen LogP contribution in [0.4, 0.5) is 5.82 Å². The van der Waals surface area contributed by atoms with Crippen molar-refractivity contribution in [2.24, 2.45) is 5.41 Å². The zero-order valence-corrected chi connectivity index (χ0v) is 11.4. The second-order valence-electron chi connectivity index (χ2n) is 4.81. The minimum absolute atomic E-state index is 0.158. The first kappa shape index (κ1) is 11.9. The molecule has 0 aliphatic heterocycles. The summed E-state index contributed by atoms with van der Waals surface area (Å²) >= 11 is 3.49. The van der Waals surface area contributed by atoms with Gasteiger partial charge in [-0.05, 0) is 34.5 Å². The van der Waals surface area contributed by atoms with E-state index in [0.29, 0.717) is 12.1 Å². The van der Waals surface area contributed by atoms with Crippen molar-refractivity contribution in [2.75, 3.05) is 12.4 Å². The Labute approximate surface area is 105 Å². The average molecular weight is 285 g/mol. The lowest BCUT2D eigenvalue weighted by Gasteiger charge is -2.51. The first-order valence-corrected chi connectivity index (χ1v) is 6.25. The van der Waals surface area contributed by atoms with Gasteiger partial charge in [-0.2, -0.15) is 0 Å². The average Bonchev–Trinajstić information content (AvgIpc) is 2.26. The summed E-state index contributed by atoms with van der Waals surface area (Å²) in [5.74, 6) is 0.912. The molecule has 0 spiro atoms. The lowest BCUT2D eigenvalue weighted by molar-refractivity contribution is -0.0795. The van der Waals surface area contributed by atoms with Crippen molar-refractivity contribution in [3.8, 4) is 0 Å². The smallest absolute Gasteiger partial charge is 0.140 e. The topological polar surface area (TPSA) is 34.1 Å². The SMILES string of the molecule is COC1CC(Nc2ncccc2Br)C1(C)C. The van der Waals surface area contributed by atoms with Gasteiger partial charge in [-0.1, -0.05) is 13.8 Å². The molecule has 1 heterocycles. The molecule has 4 heteroatoms. The molecule has 1 fully saturated rings. The van der Waals surface area contributed by atoms with Crippen molar-refractivity contribution in [3.05, 3.63) is 22.8 Å². The van der Waals surface area contributed by atoms with E-state index in [1.807, 2.05) is 12.1 Å². The van der Waals surface area contributed by atoms with Gasteiger partial charge in [0, 0.05) is 24.8 Å². The van der Waals surface area contributed by atoms with E-state index in [1.54, 1.807) is 13.3 Å². The van der Waals surface area contributed by atoms with Crippen LogP contribution in [0.15, 0.2) is 22.8 Å². The lowest BCUT2D eigenvalue weighted by Crippen LogP contribution is -2.57. The lowest BCUT2D eigenvalue weighted by atomic mass is 9.64. The first-order valence-electron chi connectivity index (χ1n) is 5.45. The maximum absolute atomic E-state index is 5.43. The van der Waals surface area contributed by atoms with E-state index >= 15 is 0 Å². The molecule has 0 bridgehead atoms. The summed E-state index contributed by atoms with van der Waals surface area (Å²) in [7, 11) is 1.78. The highest BCUT2D eigenvalue weighted by Gasteiger charge is 2.48. The van der Waals surface area contributed by atoms with E-state index in [2.05, 4.69) is 40.1 Å². The molecule has 1 saturated carbocycles. The third kappa shape index (κ3) is 1.96. The van der Waals surface area contributed by atoms with E-state index in [0.717, 1.165) is 16.7 Å². The van der Waals surface area contributed by atoms with Gasteiger partial charge in [0.25, 0.3) is 0 Å². The normalized spacial score (nSPS) is 27.2. The van der Waals surface area contributed by atoms with Crippen LogP contribution in [0.3, 0.4) is 0 Å². The molecule has 0 aromatic carbocycles. The van der Waals surface area contributed by atoms with Gasteiger partial charge in [-0.25, -0.2) is 4.98 Å². The molecule has 88 valence electrons. The molecule has 0 saturated heterocycles. The molecule has 3 nitrogen and oxygen atoms in total. The molecule has 1 aliphatic rings. The molecule has 0 amide bonds. The van der Waals surface area contributed by atoms with Crippen LogP contribution in [0.25, 0.3) is 0 Å². The summed E-state index contributed by atoms with van der Waals surface area (Å²) in [5, 5.41) is 3.46. The van der Waals surface area contributed by atoms with E-state index in [-0.39, 0.29) is 5.41 Å². The summed E-state index contributed by atoms with van der Waals surface area (Å²) in [5.41, 5.74) is 0.158. The zero-order chi connectivity index (χ0) is 11.8. The molecule has 1 aromatic heterocycles. The number of nitrogens with zero attached hydrogens (tertiary/aromatic N) is 1. The van der Waals surface area contributed by atoms with Gasteiger partial charge >= 0.3 is 0 Å². The van der Waals surface area contributed by atoms with Crippen LogP contribution in [0.5, 0.6) is 0 Å².